The van der Waals surface area contributed by atoms with E-state index >= 15 is 0 Å². The van der Waals surface area contributed by atoms with Crippen molar-refractivity contribution in [3.8, 4) is 0 Å². The fourth-order valence-electron chi connectivity index (χ4n) is 1.96. The van der Waals surface area contributed by atoms with Gasteiger partial charge < -0.3 is 9.84 Å². The first-order valence-corrected chi connectivity index (χ1v) is 9.12. The number of ether oxygens (including phenoxy) is 1. The summed E-state index contributed by atoms with van der Waals surface area (Å²) >= 11 is 4.44. The Morgan fingerprint density at radius 2 is 2.37 bits per heavy atom. The van der Waals surface area contributed by atoms with E-state index in [2.05, 4.69) is 20.7 Å². The second kappa shape index (κ2) is 6.64. The molecule has 1 saturated heterocycles. The van der Waals surface area contributed by atoms with Gasteiger partial charge in [-0.1, -0.05) is 0 Å². The maximum atomic E-state index is 12.1. The van der Waals surface area contributed by atoms with Crippen LogP contribution in [0.15, 0.2) is 14.7 Å². The lowest BCUT2D eigenvalue weighted by atomic mass is 10.2. The molecule has 2 heterocycles. The molecule has 108 valence electrons. The number of nitrogens with one attached hydrogen (secondary N) is 1. The summed E-state index contributed by atoms with van der Waals surface area (Å²) in [6.07, 6.45) is 2.90. The van der Waals surface area contributed by atoms with Crippen LogP contribution in [-0.4, -0.2) is 32.8 Å². The fourth-order valence-corrected chi connectivity index (χ4v) is 5.55. The second-order valence-corrected chi connectivity index (χ2v) is 8.52. The van der Waals surface area contributed by atoms with Gasteiger partial charge in [0.1, 0.15) is 4.90 Å². The Balaban J connectivity index is 1.95. The van der Waals surface area contributed by atoms with E-state index in [0.717, 1.165) is 19.4 Å². The molecule has 19 heavy (non-hydrogen) atoms. The molecule has 0 radical (unpaired) electrons. The molecule has 8 heteroatoms. The third-order valence-corrected chi connectivity index (χ3v) is 6.63. The smallest absolute Gasteiger partial charge is 0.242 e. The maximum absolute atomic E-state index is 12.1. The van der Waals surface area contributed by atoms with Gasteiger partial charge in [0.25, 0.3) is 0 Å². The molecular weight excluding hydrogens is 354 g/mol. The molecule has 0 bridgehead atoms. The van der Waals surface area contributed by atoms with E-state index in [1.165, 1.54) is 17.4 Å². The summed E-state index contributed by atoms with van der Waals surface area (Å²) in [6.45, 7) is 0.978. The molecule has 1 fully saturated rings. The standard InChI is InChI=1S/C11H16BrNO4S2/c12-11-10(6-9(7-14)18-11)19(15,16)13-4-3-8-2-1-5-17-8/h6,8,13-14H,1-5,7H2. The molecular formula is C11H16BrNO4S2. The molecule has 1 unspecified atom stereocenters. The number of sulfonamides is 1. The van der Waals surface area contributed by atoms with E-state index in [0.29, 0.717) is 21.6 Å². The van der Waals surface area contributed by atoms with Crippen LogP contribution in [0.1, 0.15) is 24.1 Å². The van der Waals surface area contributed by atoms with Gasteiger partial charge in [-0.15, -0.1) is 11.3 Å². The van der Waals surface area contributed by atoms with E-state index in [1.807, 2.05) is 0 Å². The lowest BCUT2D eigenvalue weighted by molar-refractivity contribution is 0.105. The predicted octanol–water partition coefficient (Wildman–Crippen LogP) is 1.85. The third-order valence-electron chi connectivity index (χ3n) is 2.93. The lowest BCUT2D eigenvalue weighted by Crippen LogP contribution is -2.27. The largest absolute Gasteiger partial charge is 0.391 e. The minimum absolute atomic E-state index is 0.158. The molecule has 1 atom stereocenters. The van der Waals surface area contributed by atoms with E-state index < -0.39 is 10.0 Å². The second-order valence-electron chi connectivity index (χ2n) is 4.33. The van der Waals surface area contributed by atoms with Crippen LogP contribution in [0, 0.1) is 0 Å². The van der Waals surface area contributed by atoms with Gasteiger partial charge in [0.2, 0.25) is 10.0 Å². The number of aliphatic hydroxyl groups excluding tert-OH is 1. The van der Waals surface area contributed by atoms with Crippen LogP contribution in [0.5, 0.6) is 0 Å². The minimum atomic E-state index is -3.53. The van der Waals surface area contributed by atoms with Crippen LogP contribution < -0.4 is 4.72 Å². The zero-order chi connectivity index (χ0) is 13.9. The summed E-state index contributed by atoms with van der Waals surface area (Å²) in [6, 6.07) is 1.49. The predicted molar refractivity (Wildman–Crippen MR) is 76.7 cm³/mol. The van der Waals surface area contributed by atoms with Gasteiger partial charge >= 0.3 is 0 Å². The molecule has 1 aromatic heterocycles. The van der Waals surface area contributed by atoms with Gasteiger partial charge in [-0.25, -0.2) is 13.1 Å². The van der Waals surface area contributed by atoms with Crippen molar-refractivity contribution >= 4 is 37.3 Å². The topological polar surface area (TPSA) is 75.6 Å². The van der Waals surface area contributed by atoms with Crippen LogP contribution in [-0.2, 0) is 21.4 Å². The normalized spacial score (nSPS) is 20.0. The SMILES string of the molecule is O=S(=O)(NCCC1CCCO1)c1cc(CO)sc1Br. The quantitative estimate of drug-likeness (QED) is 0.802. The zero-order valence-electron chi connectivity index (χ0n) is 10.3. The van der Waals surface area contributed by atoms with Crippen molar-refractivity contribution in [2.24, 2.45) is 0 Å². The summed E-state index contributed by atoms with van der Waals surface area (Å²) in [5.74, 6) is 0. The van der Waals surface area contributed by atoms with Gasteiger partial charge in [0.15, 0.2) is 0 Å². The monoisotopic (exact) mass is 369 g/mol. The number of thiophene rings is 1. The van der Waals surface area contributed by atoms with Crippen molar-refractivity contribution in [1.29, 1.82) is 0 Å². The molecule has 2 N–H and O–H groups in total. The Kier molecular flexibility index (Phi) is 5.38. The summed E-state index contributed by atoms with van der Waals surface area (Å²) in [4.78, 5) is 0.806. The Morgan fingerprint density at radius 3 is 2.95 bits per heavy atom. The molecule has 1 aliphatic rings. The summed E-state index contributed by atoms with van der Waals surface area (Å²) in [5, 5.41) is 9.02. The zero-order valence-corrected chi connectivity index (χ0v) is 13.5. The first-order chi connectivity index (χ1) is 9.03. The molecule has 2 rings (SSSR count). The molecule has 0 saturated carbocycles. The minimum Gasteiger partial charge on any atom is -0.391 e. The molecule has 0 aliphatic carbocycles. The van der Waals surface area contributed by atoms with Crippen molar-refractivity contribution in [2.45, 2.75) is 36.9 Å². The highest BCUT2D eigenvalue weighted by Gasteiger charge is 2.22. The molecule has 5 nitrogen and oxygen atoms in total. The molecule has 0 amide bonds. The Morgan fingerprint density at radius 1 is 1.58 bits per heavy atom. The van der Waals surface area contributed by atoms with Crippen molar-refractivity contribution in [2.75, 3.05) is 13.2 Å². The number of rotatable bonds is 6. The first kappa shape index (κ1) is 15.4. The fraction of sp³-hybridized carbons (Fsp3) is 0.636. The Bertz CT molecular complexity index is 523. The Labute approximate surface area is 125 Å². The Hall–Kier alpha value is 0.01000. The highest BCUT2D eigenvalue weighted by Crippen LogP contribution is 2.31. The first-order valence-electron chi connectivity index (χ1n) is 6.03. The summed E-state index contributed by atoms with van der Waals surface area (Å²) in [7, 11) is -3.53. The summed E-state index contributed by atoms with van der Waals surface area (Å²) < 4.78 is 32.7. The third kappa shape index (κ3) is 3.99. The highest BCUT2D eigenvalue weighted by molar-refractivity contribution is 9.11. The van der Waals surface area contributed by atoms with Crippen molar-refractivity contribution < 1.29 is 18.3 Å². The van der Waals surface area contributed by atoms with Gasteiger partial charge in [-0.3, -0.25) is 0 Å². The number of hydrogen-bond donors (Lipinski definition) is 2. The molecule has 1 aliphatic heterocycles. The van der Waals surface area contributed by atoms with Crippen molar-refractivity contribution in [3.63, 3.8) is 0 Å². The lowest BCUT2D eigenvalue weighted by Gasteiger charge is -2.10. The molecule has 1 aromatic rings. The van der Waals surface area contributed by atoms with Gasteiger partial charge in [-0.05, 0) is 41.3 Å². The van der Waals surface area contributed by atoms with E-state index in [4.69, 9.17) is 9.84 Å². The van der Waals surface area contributed by atoms with Crippen molar-refractivity contribution in [1.82, 2.24) is 4.72 Å². The van der Waals surface area contributed by atoms with Crippen LogP contribution in [0.2, 0.25) is 0 Å². The summed E-state index contributed by atoms with van der Waals surface area (Å²) in [5.41, 5.74) is 0. The highest BCUT2D eigenvalue weighted by atomic mass is 79.9. The average molecular weight is 370 g/mol. The average Bonchev–Trinajstić information content (AvgIpc) is 2.98. The number of halogens is 1. The molecule has 0 spiro atoms. The van der Waals surface area contributed by atoms with Crippen LogP contribution in [0.4, 0.5) is 0 Å². The van der Waals surface area contributed by atoms with Gasteiger partial charge in [0, 0.05) is 18.0 Å². The van der Waals surface area contributed by atoms with Crippen LogP contribution in [0.3, 0.4) is 0 Å². The van der Waals surface area contributed by atoms with E-state index in [1.54, 1.807) is 0 Å². The van der Waals surface area contributed by atoms with Gasteiger partial charge in [-0.2, -0.15) is 0 Å². The van der Waals surface area contributed by atoms with Crippen LogP contribution >= 0.6 is 27.3 Å². The maximum Gasteiger partial charge on any atom is 0.242 e. The molecule has 0 aromatic carbocycles. The van der Waals surface area contributed by atoms with E-state index in [-0.39, 0.29) is 17.6 Å². The van der Waals surface area contributed by atoms with Crippen molar-refractivity contribution in [3.05, 3.63) is 14.7 Å². The number of aliphatic hydroxyl groups is 1. The van der Waals surface area contributed by atoms with Gasteiger partial charge in [0.05, 0.1) is 16.5 Å². The van der Waals surface area contributed by atoms with E-state index in [9.17, 15) is 8.42 Å². The number of hydrogen-bond acceptors (Lipinski definition) is 5. The van der Waals surface area contributed by atoms with Crippen LogP contribution in [0.25, 0.3) is 0 Å².